The van der Waals surface area contributed by atoms with E-state index in [1.807, 2.05) is 12.3 Å². The van der Waals surface area contributed by atoms with Gasteiger partial charge >= 0.3 is 0 Å². The van der Waals surface area contributed by atoms with Gasteiger partial charge in [-0.2, -0.15) is 0 Å². The topological polar surface area (TPSA) is 24.4 Å². The predicted octanol–water partition coefficient (Wildman–Crippen LogP) is 5.21. The predicted molar refractivity (Wildman–Crippen MR) is 97.0 cm³/mol. The summed E-state index contributed by atoms with van der Waals surface area (Å²) in [5.41, 5.74) is 4.22. The van der Waals surface area contributed by atoms with Crippen LogP contribution in [-0.4, -0.2) is 19.3 Å². The normalized spacial score (nSPS) is 13.8. The van der Waals surface area contributed by atoms with Crippen LogP contribution in [0.2, 0.25) is 0 Å². The zero-order valence-electron chi connectivity index (χ0n) is 14.3. The third kappa shape index (κ3) is 10.8. The average molecular weight is 288 g/mol. The van der Waals surface area contributed by atoms with E-state index in [-0.39, 0.29) is 0 Å². The van der Waals surface area contributed by atoms with Gasteiger partial charge in [-0.05, 0) is 70.0 Å². The van der Waals surface area contributed by atoms with E-state index in [4.69, 9.17) is 0 Å². The van der Waals surface area contributed by atoms with Crippen LogP contribution >= 0.6 is 0 Å². The molecule has 0 heterocycles. The van der Waals surface area contributed by atoms with Crippen molar-refractivity contribution in [3.63, 3.8) is 0 Å². The maximum atomic E-state index is 4.29. The molecule has 2 nitrogen and oxygen atoms in total. The van der Waals surface area contributed by atoms with Crippen molar-refractivity contribution in [3.05, 3.63) is 47.7 Å². The fourth-order valence-corrected chi connectivity index (χ4v) is 1.89. The molecule has 21 heavy (non-hydrogen) atoms. The Labute approximate surface area is 131 Å². The molecule has 0 saturated carbocycles. The molecule has 0 radical (unpaired) electrons. The van der Waals surface area contributed by atoms with Crippen LogP contribution in [0.3, 0.4) is 0 Å². The molecule has 0 saturated heterocycles. The Hall–Kier alpha value is -1.57. The Bertz CT molecular complexity index is 398. The van der Waals surface area contributed by atoms with E-state index in [0.717, 1.165) is 38.8 Å². The van der Waals surface area contributed by atoms with E-state index in [2.05, 4.69) is 62.9 Å². The zero-order chi connectivity index (χ0) is 15.9. The summed E-state index contributed by atoms with van der Waals surface area (Å²) in [6.07, 6.45) is 14.7. The zero-order valence-corrected chi connectivity index (χ0v) is 14.3. The SMILES string of the molecule is C=CCN/C=C(/CCC=NCC)CC(/C=C(/C)CC)=C/C. The number of hydrogen-bond acceptors (Lipinski definition) is 2. The Morgan fingerprint density at radius 3 is 2.62 bits per heavy atom. The monoisotopic (exact) mass is 288 g/mol. The molecule has 2 heteroatoms. The molecule has 0 aliphatic heterocycles. The Kier molecular flexibility index (Phi) is 12.4. The van der Waals surface area contributed by atoms with Gasteiger partial charge in [-0.1, -0.05) is 30.7 Å². The highest BCUT2D eigenvalue weighted by Gasteiger charge is 2.01. The lowest BCUT2D eigenvalue weighted by atomic mass is 9.99. The van der Waals surface area contributed by atoms with Gasteiger partial charge in [0.15, 0.2) is 0 Å². The first-order valence-electron chi connectivity index (χ1n) is 8.00. The highest BCUT2D eigenvalue weighted by atomic mass is 14.8. The van der Waals surface area contributed by atoms with Gasteiger partial charge in [0.25, 0.3) is 0 Å². The largest absolute Gasteiger partial charge is 0.387 e. The van der Waals surface area contributed by atoms with Gasteiger partial charge in [-0.25, -0.2) is 0 Å². The second-order valence-electron chi connectivity index (χ2n) is 5.10. The third-order valence-electron chi connectivity index (χ3n) is 3.27. The summed E-state index contributed by atoms with van der Waals surface area (Å²) >= 11 is 0. The van der Waals surface area contributed by atoms with Gasteiger partial charge < -0.3 is 5.32 Å². The first-order chi connectivity index (χ1) is 10.2. The van der Waals surface area contributed by atoms with Gasteiger partial charge in [-0.15, -0.1) is 6.58 Å². The summed E-state index contributed by atoms with van der Waals surface area (Å²) in [6, 6.07) is 0. The number of aliphatic imine (C=N–C) groups is 1. The standard InChI is InChI=1S/C19H32N2/c1-6-12-21-16-19(11-10-13-20-9-4)15-18(8-3)14-17(5)7-2/h6,8,13-14,16,21H,1,7,9-12,15H2,2-5H3/b17-14-,18-8+,19-16-,20-13?. The number of allylic oxidation sites excluding steroid dienone is 5. The molecule has 0 atom stereocenters. The summed E-state index contributed by atoms with van der Waals surface area (Å²) in [5.74, 6) is 0. The van der Waals surface area contributed by atoms with E-state index in [0.29, 0.717) is 0 Å². The van der Waals surface area contributed by atoms with Crippen molar-refractivity contribution >= 4 is 6.21 Å². The fraction of sp³-hybridized carbons (Fsp3) is 0.526. The number of nitrogens with one attached hydrogen (secondary N) is 1. The maximum Gasteiger partial charge on any atom is 0.0357 e. The van der Waals surface area contributed by atoms with Crippen molar-refractivity contribution in [2.45, 2.75) is 53.4 Å². The highest BCUT2D eigenvalue weighted by molar-refractivity contribution is 5.57. The molecule has 118 valence electrons. The van der Waals surface area contributed by atoms with Crippen LogP contribution in [0.25, 0.3) is 0 Å². The quantitative estimate of drug-likeness (QED) is 0.240. The summed E-state index contributed by atoms with van der Waals surface area (Å²) in [6.45, 7) is 14.0. The maximum absolute atomic E-state index is 4.29. The van der Waals surface area contributed by atoms with Crippen LogP contribution in [-0.2, 0) is 0 Å². The van der Waals surface area contributed by atoms with E-state index in [9.17, 15) is 0 Å². The molecule has 0 aromatic rings. The molecular weight excluding hydrogens is 256 g/mol. The van der Waals surface area contributed by atoms with E-state index >= 15 is 0 Å². The smallest absolute Gasteiger partial charge is 0.0357 e. The summed E-state index contributed by atoms with van der Waals surface area (Å²) < 4.78 is 0. The molecule has 0 rings (SSSR count). The van der Waals surface area contributed by atoms with Gasteiger partial charge in [0.2, 0.25) is 0 Å². The lowest BCUT2D eigenvalue weighted by Crippen LogP contribution is -2.06. The van der Waals surface area contributed by atoms with Crippen LogP contribution in [0.5, 0.6) is 0 Å². The second kappa shape index (κ2) is 13.4. The summed E-state index contributed by atoms with van der Waals surface area (Å²) in [7, 11) is 0. The minimum absolute atomic E-state index is 0.807. The van der Waals surface area contributed by atoms with Gasteiger partial charge in [0.1, 0.15) is 0 Å². The van der Waals surface area contributed by atoms with E-state index < -0.39 is 0 Å². The highest BCUT2D eigenvalue weighted by Crippen LogP contribution is 2.18. The van der Waals surface area contributed by atoms with Crippen LogP contribution in [0.15, 0.2) is 52.7 Å². The van der Waals surface area contributed by atoms with Gasteiger partial charge in [0.05, 0.1) is 0 Å². The van der Waals surface area contributed by atoms with Crippen molar-refractivity contribution < 1.29 is 0 Å². The Balaban J connectivity index is 4.74. The van der Waals surface area contributed by atoms with Crippen molar-refractivity contribution in [1.82, 2.24) is 5.32 Å². The number of rotatable bonds is 11. The molecule has 0 aromatic carbocycles. The van der Waals surface area contributed by atoms with Crippen molar-refractivity contribution in [2.24, 2.45) is 4.99 Å². The van der Waals surface area contributed by atoms with Gasteiger partial charge in [0, 0.05) is 13.1 Å². The minimum atomic E-state index is 0.807. The van der Waals surface area contributed by atoms with Crippen LogP contribution < -0.4 is 5.32 Å². The molecule has 0 amide bonds. The average Bonchev–Trinajstić information content (AvgIpc) is 2.50. The lowest BCUT2D eigenvalue weighted by Gasteiger charge is -2.09. The molecule has 0 aliphatic carbocycles. The summed E-state index contributed by atoms with van der Waals surface area (Å²) in [5, 5.41) is 3.30. The first kappa shape index (κ1) is 19.4. The third-order valence-corrected chi connectivity index (χ3v) is 3.27. The molecule has 1 N–H and O–H groups in total. The molecule has 0 fully saturated rings. The molecule has 0 bridgehead atoms. The molecule has 0 aliphatic rings. The van der Waals surface area contributed by atoms with Crippen LogP contribution in [0.4, 0.5) is 0 Å². The van der Waals surface area contributed by atoms with E-state index in [1.165, 1.54) is 16.7 Å². The molecule has 0 aromatic heterocycles. The van der Waals surface area contributed by atoms with Crippen LogP contribution in [0.1, 0.15) is 53.4 Å². The van der Waals surface area contributed by atoms with Crippen LogP contribution in [0, 0.1) is 0 Å². The molecular formula is C19H32N2. The molecule has 0 spiro atoms. The van der Waals surface area contributed by atoms with E-state index in [1.54, 1.807) is 0 Å². The number of hydrogen-bond donors (Lipinski definition) is 1. The number of nitrogens with zero attached hydrogens (tertiary/aromatic N) is 1. The Morgan fingerprint density at radius 2 is 2.05 bits per heavy atom. The van der Waals surface area contributed by atoms with Gasteiger partial charge in [-0.3, -0.25) is 4.99 Å². The summed E-state index contributed by atoms with van der Waals surface area (Å²) in [4.78, 5) is 4.29. The van der Waals surface area contributed by atoms with Crippen molar-refractivity contribution in [1.29, 1.82) is 0 Å². The fourth-order valence-electron chi connectivity index (χ4n) is 1.89. The second-order valence-corrected chi connectivity index (χ2v) is 5.10. The lowest BCUT2D eigenvalue weighted by molar-refractivity contribution is 0.891. The van der Waals surface area contributed by atoms with Crippen molar-refractivity contribution in [2.75, 3.05) is 13.1 Å². The van der Waals surface area contributed by atoms with Crippen molar-refractivity contribution in [3.8, 4) is 0 Å². The first-order valence-corrected chi connectivity index (χ1v) is 8.00. The Morgan fingerprint density at radius 1 is 1.29 bits per heavy atom. The minimum Gasteiger partial charge on any atom is -0.387 e. The molecule has 0 unspecified atom stereocenters.